The average Bonchev–Trinajstić information content (AvgIpc) is 2.37. The molecule has 0 aliphatic carbocycles. The van der Waals surface area contributed by atoms with Crippen LogP contribution in [0.25, 0.3) is 0 Å². The molecule has 0 aliphatic rings. The molecule has 0 saturated carbocycles. The molecule has 6 heteroatoms. The summed E-state index contributed by atoms with van der Waals surface area (Å²) in [6.45, 7) is 7.09. The van der Waals surface area contributed by atoms with Gasteiger partial charge in [0, 0.05) is 24.7 Å². The number of nitrogens with one attached hydrogen (secondary N) is 1. The fraction of sp³-hybridized carbons (Fsp3) is 0.533. The van der Waals surface area contributed by atoms with Crippen LogP contribution in [0.5, 0.6) is 0 Å². The van der Waals surface area contributed by atoms with Crippen LogP contribution in [-0.2, 0) is 0 Å². The summed E-state index contributed by atoms with van der Waals surface area (Å²) < 4.78 is 0. The van der Waals surface area contributed by atoms with E-state index < -0.39 is 0 Å². The second-order valence-electron chi connectivity index (χ2n) is 5.70. The molecule has 21 heavy (non-hydrogen) atoms. The standard InChI is InChI=1S/C15H23Cl2N3S/c1-11(2)10-20(8-7-19(3)4)15(21)18-14-6-5-12(16)9-13(14)17/h5-6,9,11H,7-8,10H2,1-4H3,(H,18,21). The Labute approximate surface area is 143 Å². The Morgan fingerprint density at radius 1 is 1.24 bits per heavy atom. The molecule has 0 amide bonds. The Morgan fingerprint density at radius 2 is 1.90 bits per heavy atom. The van der Waals surface area contributed by atoms with Gasteiger partial charge in [-0.05, 0) is 50.4 Å². The van der Waals surface area contributed by atoms with Gasteiger partial charge in [-0.3, -0.25) is 0 Å². The molecule has 0 aromatic heterocycles. The minimum absolute atomic E-state index is 0.535. The highest BCUT2D eigenvalue weighted by Gasteiger charge is 2.13. The molecule has 1 aromatic rings. The van der Waals surface area contributed by atoms with Crippen LogP contribution in [0.4, 0.5) is 5.69 Å². The number of nitrogens with zero attached hydrogens (tertiary/aromatic N) is 2. The quantitative estimate of drug-likeness (QED) is 0.776. The number of halogens is 2. The van der Waals surface area contributed by atoms with E-state index in [1.807, 2.05) is 6.07 Å². The molecule has 1 aromatic carbocycles. The molecule has 0 spiro atoms. The van der Waals surface area contributed by atoms with Gasteiger partial charge in [0.15, 0.2) is 5.11 Å². The van der Waals surface area contributed by atoms with E-state index >= 15 is 0 Å². The summed E-state index contributed by atoms with van der Waals surface area (Å²) in [5.41, 5.74) is 0.782. The number of anilines is 1. The van der Waals surface area contributed by atoms with Crippen LogP contribution >= 0.6 is 35.4 Å². The van der Waals surface area contributed by atoms with Crippen LogP contribution in [0, 0.1) is 5.92 Å². The fourth-order valence-corrected chi connectivity index (χ4v) is 2.55. The number of hydrogen-bond donors (Lipinski definition) is 1. The molecule has 0 fully saturated rings. The van der Waals surface area contributed by atoms with Gasteiger partial charge in [-0.1, -0.05) is 37.0 Å². The highest BCUT2D eigenvalue weighted by atomic mass is 35.5. The third-order valence-electron chi connectivity index (χ3n) is 2.86. The third kappa shape index (κ3) is 6.83. The van der Waals surface area contributed by atoms with E-state index in [1.165, 1.54) is 0 Å². The Balaban J connectivity index is 2.74. The van der Waals surface area contributed by atoms with Gasteiger partial charge in [0.05, 0.1) is 10.7 Å². The zero-order valence-corrected chi connectivity index (χ0v) is 15.3. The second kappa shape index (κ2) is 8.79. The first-order valence-corrected chi connectivity index (χ1v) is 8.11. The summed E-state index contributed by atoms with van der Waals surface area (Å²) in [7, 11) is 4.11. The molecule has 1 N–H and O–H groups in total. The molecule has 0 radical (unpaired) electrons. The smallest absolute Gasteiger partial charge is 0.173 e. The van der Waals surface area contributed by atoms with Gasteiger partial charge in [-0.15, -0.1) is 0 Å². The summed E-state index contributed by atoms with van der Waals surface area (Å²) in [6, 6.07) is 5.35. The van der Waals surface area contributed by atoms with Crippen LogP contribution in [0.3, 0.4) is 0 Å². The van der Waals surface area contributed by atoms with E-state index in [4.69, 9.17) is 35.4 Å². The lowest BCUT2D eigenvalue weighted by Gasteiger charge is -2.29. The first-order chi connectivity index (χ1) is 9.79. The van der Waals surface area contributed by atoms with E-state index in [0.717, 1.165) is 25.3 Å². The van der Waals surface area contributed by atoms with Gasteiger partial charge in [-0.25, -0.2) is 0 Å². The largest absolute Gasteiger partial charge is 0.347 e. The SMILES string of the molecule is CC(C)CN(CCN(C)C)C(=S)Nc1ccc(Cl)cc1Cl. The fourth-order valence-electron chi connectivity index (χ4n) is 1.82. The van der Waals surface area contributed by atoms with Crippen molar-refractivity contribution in [1.82, 2.24) is 9.80 Å². The number of likely N-dealkylation sites (N-methyl/N-ethyl adjacent to an activating group) is 1. The van der Waals surface area contributed by atoms with E-state index in [0.29, 0.717) is 21.1 Å². The number of hydrogen-bond acceptors (Lipinski definition) is 2. The first-order valence-electron chi connectivity index (χ1n) is 6.95. The van der Waals surface area contributed by atoms with Crippen molar-refractivity contribution in [1.29, 1.82) is 0 Å². The maximum absolute atomic E-state index is 6.18. The molecule has 0 aliphatic heterocycles. The first kappa shape index (κ1) is 18.5. The Hall–Kier alpha value is -0.550. The average molecular weight is 348 g/mol. The Kier molecular flexibility index (Phi) is 7.74. The molecule has 118 valence electrons. The summed E-state index contributed by atoms with van der Waals surface area (Å²) >= 11 is 17.6. The van der Waals surface area contributed by atoms with Gasteiger partial charge in [-0.2, -0.15) is 0 Å². The van der Waals surface area contributed by atoms with E-state index in [9.17, 15) is 0 Å². The van der Waals surface area contributed by atoms with Crippen molar-refractivity contribution in [2.75, 3.05) is 39.0 Å². The topological polar surface area (TPSA) is 18.5 Å². The van der Waals surface area contributed by atoms with Gasteiger partial charge < -0.3 is 15.1 Å². The van der Waals surface area contributed by atoms with Gasteiger partial charge >= 0.3 is 0 Å². The third-order valence-corrected chi connectivity index (χ3v) is 3.77. The van der Waals surface area contributed by atoms with Crippen molar-refractivity contribution in [3.05, 3.63) is 28.2 Å². The lowest BCUT2D eigenvalue weighted by molar-refractivity contribution is 0.310. The second-order valence-corrected chi connectivity index (χ2v) is 6.93. The summed E-state index contributed by atoms with van der Waals surface area (Å²) in [6.07, 6.45) is 0. The zero-order chi connectivity index (χ0) is 16.0. The molecule has 1 rings (SSSR count). The predicted octanol–water partition coefficient (Wildman–Crippen LogP) is 4.21. The summed E-state index contributed by atoms with van der Waals surface area (Å²) in [4.78, 5) is 4.32. The van der Waals surface area contributed by atoms with Gasteiger partial charge in [0.1, 0.15) is 0 Å². The van der Waals surface area contributed by atoms with Crippen molar-refractivity contribution in [2.24, 2.45) is 5.92 Å². The normalized spacial score (nSPS) is 11.0. The van der Waals surface area contributed by atoms with E-state index in [1.54, 1.807) is 12.1 Å². The van der Waals surface area contributed by atoms with E-state index in [-0.39, 0.29) is 0 Å². The van der Waals surface area contributed by atoms with Crippen LogP contribution in [0.2, 0.25) is 10.0 Å². The zero-order valence-electron chi connectivity index (χ0n) is 13.0. The van der Waals surface area contributed by atoms with Crippen molar-refractivity contribution in [3.63, 3.8) is 0 Å². The predicted molar refractivity (Wildman–Crippen MR) is 97.6 cm³/mol. The maximum atomic E-state index is 6.18. The van der Waals surface area contributed by atoms with Crippen LogP contribution in [0.15, 0.2) is 18.2 Å². The molecular weight excluding hydrogens is 325 g/mol. The van der Waals surface area contributed by atoms with Crippen LogP contribution < -0.4 is 5.32 Å². The molecule has 0 bridgehead atoms. The molecule has 0 unspecified atom stereocenters. The van der Waals surface area contributed by atoms with E-state index in [2.05, 4.69) is 43.1 Å². The van der Waals surface area contributed by atoms with Crippen molar-refractivity contribution in [3.8, 4) is 0 Å². The molecule has 3 nitrogen and oxygen atoms in total. The minimum Gasteiger partial charge on any atom is -0.347 e. The Morgan fingerprint density at radius 3 is 2.43 bits per heavy atom. The molecule has 0 atom stereocenters. The highest BCUT2D eigenvalue weighted by molar-refractivity contribution is 7.80. The minimum atomic E-state index is 0.535. The number of rotatable bonds is 6. The molecule has 0 saturated heterocycles. The lowest BCUT2D eigenvalue weighted by Crippen LogP contribution is -2.41. The summed E-state index contributed by atoms with van der Waals surface area (Å²) in [5.74, 6) is 0.535. The molecular formula is C15H23Cl2N3S. The van der Waals surface area contributed by atoms with Crippen molar-refractivity contribution < 1.29 is 0 Å². The molecule has 0 heterocycles. The number of benzene rings is 1. The van der Waals surface area contributed by atoms with Gasteiger partial charge in [0.25, 0.3) is 0 Å². The summed E-state index contributed by atoms with van der Waals surface area (Å²) in [5, 5.41) is 5.09. The van der Waals surface area contributed by atoms with Crippen LogP contribution in [-0.4, -0.2) is 48.6 Å². The van der Waals surface area contributed by atoms with Gasteiger partial charge in [0.2, 0.25) is 0 Å². The Bertz CT molecular complexity index is 478. The number of thiocarbonyl (C=S) groups is 1. The maximum Gasteiger partial charge on any atom is 0.173 e. The van der Waals surface area contributed by atoms with Crippen molar-refractivity contribution in [2.45, 2.75) is 13.8 Å². The van der Waals surface area contributed by atoms with Crippen molar-refractivity contribution >= 4 is 46.2 Å². The van der Waals surface area contributed by atoms with Crippen LogP contribution in [0.1, 0.15) is 13.8 Å². The lowest BCUT2D eigenvalue weighted by atomic mass is 10.2. The monoisotopic (exact) mass is 347 g/mol. The highest BCUT2D eigenvalue weighted by Crippen LogP contribution is 2.25.